The Morgan fingerprint density at radius 1 is 1.19 bits per heavy atom. The van der Waals surface area contributed by atoms with Crippen molar-refractivity contribution in [1.82, 2.24) is 20.1 Å². The van der Waals surface area contributed by atoms with Crippen LogP contribution in [0.25, 0.3) is 5.69 Å². The molecule has 0 aliphatic heterocycles. The van der Waals surface area contributed by atoms with Crippen LogP contribution >= 0.6 is 35.0 Å². The van der Waals surface area contributed by atoms with E-state index in [4.69, 9.17) is 23.2 Å². The molecule has 0 saturated heterocycles. The molecule has 0 aliphatic carbocycles. The second kappa shape index (κ2) is 9.26. The number of hydrogen-bond donors (Lipinski definition) is 1. The van der Waals surface area contributed by atoms with Crippen molar-refractivity contribution >= 4 is 40.9 Å². The van der Waals surface area contributed by atoms with Crippen LogP contribution in [0.2, 0.25) is 10.0 Å². The Hall–Kier alpha value is -2.02. The minimum Gasteiger partial charge on any atom is -0.351 e. The fourth-order valence-electron chi connectivity index (χ4n) is 2.57. The van der Waals surface area contributed by atoms with Gasteiger partial charge in [-0.1, -0.05) is 66.2 Å². The number of thioether (sulfide) groups is 1. The average Bonchev–Trinajstić information content (AvgIpc) is 3.14. The van der Waals surface area contributed by atoms with Crippen LogP contribution in [0.5, 0.6) is 0 Å². The lowest BCUT2D eigenvalue weighted by molar-refractivity contribution is -0.118. The van der Waals surface area contributed by atoms with E-state index in [0.29, 0.717) is 21.7 Å². The maximum atomic E-state index is 12.2. The Morgan fingerprint density at radius 3 is 2.78 bits per heavy atom. The summed E-state index contributed by atoms with van der Waals surface area (Å²) in [5.74, 6) is 0.127. The van der Waals surface area contributed by atoms with Gasteiger partial charge >= 0.3 is 0 Å². The largest absolute Gasteiger partial charge is 0.351 e. The van der Waals surface area contributed by atoms with Gasteiger partial charge in [-0.25, -0.2) is 0 Å². The lowest BCUT2D eigenvalue weighted by atomic mass is 10.1. The highest BCUT2D eigenvalue weighted by atomic mass is 35.5. The number of halogens is 2. The lowest BCUT2D eigenvalue weighted by Crippen LogP contribution is -2.24. The smallest absolute Gasteiger partial charge is 0.230 e. The van der Waals surface area contributed by atoms with Gasteiger partial charge < -0.3 is 5.32 Å². The number of rotatable bonds is 7. The van der Waals surface area contributed by atoms with Crippen molar-refractivity contribution in [2.45, 2.75) is 25.0 Å². The van der Waals surface area contributed by atoms with E-state index in [0.717, 1.165) is 17.7 Å². The number of aromatic nitrogens is 3. The Kier molecular flexibility index (Phi) is 6.77. The molecule has 0 radical (unpaired) electrons. The zero-order valence-electron chi connectivity index (χ0n) is 14.7. The van der Waals surface area contributed by atoms with Crippen molar-refractivity contribution < 1.29 is 4.79 Å². The third kappa shape index (κ3) is 5.03. The first-order valence-electron chi connectivity index (χ1n) is 8.40. The summed E-state index contributed by atoms with van der Waals surface area (Å²) < 4.78 is 1.91. The molecule has 2 aromatic carbocycles. The Balaban J connectivity index is 1.61. The first-order chi connectivity index (χ1) is 13.1. The maximum Gasteiger partial charge on any atom is 0.230 e. The number of aryl methyl sites for hydroxylation is 1. The molecule has 1 N–H and O–H groups in total. The molecule has 0 bridgehead atoms. The van der Waals surface area contributed by atoms with Crippen LogP contribution in [0.1, 0.15) is 18.1 Å². The van der Waals surface area contributed by atoms with Gasteiger partial charge in [0.05, 0.1) is 11.4 Å². The molecule has 1 aromatic heterocycles. The van der Waals surface area contributed by atoms with Gasteiger partial charge in [-0.3, -0.25) is 9.36 Å². The van der Waals surface area contributed by atoms with Crippen LogP contribution in [-0.4, -0.2) is 26.4 Å². The molecule has 5 nitrogen and oxygen atoms in total. The molecule has 0 aliphatic rings. The van der Waals surface area contributed by atoms with Crippen LogP contribution in [0.15, 0.2) is 53.9 Å². The minimum absolute atomic E-state index is 0.107. The summed E-state index contributed by atoms with van der Waals surface area (Å²) in [6.07, 6.45) is 2.57. The molecule has 0 unspecified atom stereocenters. The number of hydrogen-bond acceptors (Lipinski definition) is 4. The standard InChI is InChI=1S/C19H18Cl2N4OS/c1-2-13-5-3-4-6-17(13)25-12-23-24-19(25)27-11-18(26)22-10-14-7-8-15(20)9-16(14)21/h3-9,12H,2,10-11H2,1H3,(H,22,26). The molecule has 0 spiro atoms. The summed E-state index contributed by atoms with van der Waals surface area (Å²) in [4.78, 5) is 12.2. The predicted octanol–water partition coefficient (Wildman–Crippen LogP) is 4.55. The number of nitrogens with one attached hydrogen (secondary N) is 1. The van der Waals surface area contributed by atoms with Crippen LogP contribution in [0, 0.1) is 0 Å². The highest BCUT2D eigenvalue weighted by molar-refractivity contribution is 7.99. The van der Waals surface area contributed by atoms with E-state index in [2.05, 4.69) is 28.5 Å². The number of nitrogens with zero attached hydrogens (tertiary/aromatic N) is 3. The second-order valence-electron chi connectivity index (χ2n) is 5.77. The average molecular weight is 421 g/mol. The Morgan fingerprint density at radius 2 is 2.00 bits per heavy atom. The topological polar surface area (TPSA) is 59.8 Å². The van der Waals surface area contributed by atoms with E-state index in [-0.39, 0.29) is 11.7 Å². The second-order valence-corrected chi connectivity index (χ2v) is 7.55. The molecule has 1 amide bonds. The quantitative estimate of drug-likeness (QED) is 0.569. The third-order valence-electron chi connectivity index (χ3n) is 3.97. The van der Waals surface area contributed by atoms with Gasteiger partial charge in [-0.2, -0.15) is 0 Å². The first-order valence-corrected chi connectivity index (χ1v) is 10.1. The minimum atomic E-state index is -0.107. The van der Waals surface area contributed by atoms with E-state index in [9.17, 15) is 4.79 Å². The summed E-state index contributed by atoms with van der Waals surface area (Å²) >= 11 is 13.3. The Bertz CT molecular complexity index is 945. The molecule has 0 fully saturated rings. The number of benzene rings is 2. The van der Waals surface area contributed by atoms with Gasteiger partial charge in [0.2, 0.25) is 5.91 Å². The van der Waals surface area contributed by atoms with Crippen molar-refractivity contribution in [1.29, 1.82) is 0 Å². The number of carbonyl (C=O) groups is 1. The van der Waals surface area contributed by atoms with Gasteiger partial charge in [-0.05, 0) is 35.7 Å². The molecule has 27 heavy (non-hydrogen) atoms. The van der Waals surface area contributed by atoms with Crippen LogP contribution in [0.4, 0.5) is 0 Å². The highest BCUT2D eigenvalue weighted by Gasteiger charge is 2.12. The molecular weight excluding hydrogens is 403 g/mol. The van der Waals surface area contributed by atoms with Crippen molar-refractivity contribution in [2.24, 2.45) is 0 Å². The summed E-state index contributed by atoms with van der Waals surface area (Å²) in [5, 5.41) is 12.8. The SMILES string of the molecule is CCc1ccccc1-n1cnnc1SCC(=O)NCc1ccc(Cl)cc1Cl. The predicted molar refractivity (Wildman–Crippen MR) is 110 cm³/mol. The van der Waals surface area contributed by atoms with E-state index in [1.807, 2.05) is 22.8 Å². The fourth-order valence-corrected chi connectivity index (χ4v) is 3.80. The summed E-state index contributed by atoms with van der Waals surface area (Å²) in [7, 11) is 0. The lowest BCUT2D eigenvalue weighted by Gasteiger charge is -2.11. The number of para-hydroxylation sites is 1. The summed E-state index contributed by atoms with van der Waals surface area (Å²) in [6, 6.07) is 13.3. The molecular formula is C19H18Cl2N4OS. The molecule has 3 aromatic rings. The summed E-state index contributed by atoms with van der Waals surface area (Å²) in [5.41, 5.74) is 3.04. The molecule has 140 valence electrons. The Labute approximate surface area is 172 Å². The van der Waals surface area contributed by atoms with Gasteiger partial charge in [0, 0.05) is 16.6 Å². The first kappa shape index (κ1) is 19.7. The van der Waals surface area contributed by atoms with Gasteiger partial charge in [0.25, 0.3) is 0 Å². The zero-order valence-corrected chi connectivity index (χ0v) is 17.0. The number of amides is 1. The van der Waals surface area contributed by atoms with E-state index < -0.39 is 0 Å². The van der Waals surface area contributed by atoms with Gasteiger partial charge in [0.1, 0.15) is 6.33 Å². The van der Waals surface area contributed by atoms with Crippen molar-refractivity contribution in [3.63, 3.8) is 0 Å². The zero-order chi connectivity index (χ0) is 19.2. The van der Waals surface area contributed by atoms with Crippen molar-refractivity contribution in [3.8, 4) is 5.69 Å². The van der Waals surface area contributed by atoms with E-state index >= 15 is 0 Å². The molecule has 1 heterocycles. The van der Waals surface area contributed by atoms with Gasteiger partial charge in [-0.15, -0.1) is 10.2 Å². The van der Waals surface area contributed by atoms with Crippen molar-refractivity contribution in [3.05, 3.63) is 70.0 Å². The fraction of sp³-hybridized carbons (Fsp3) is 0.211. The maximum absolute atomic E-state index is 12.2. The third-order valence-corrected chi connectivity index (χ3v) is 5.50. The summed E-state index contributed by atoms with van der Waals surface area (Å²) in [6.45, 7) is 2.45. The monoisotopic (exact) mass is 420 g/mol. The number of carbonyl (C=O) groups excluding carboxylic acids is 1. The highest BCUT2D eigenvalue weighted by Crippen LogP contribution is 2.23. The molecule has 0 saturated carbocycles. The normalized spacial score (nSPS) is 10.8. The van der Waals surface area contributed by atoms with Gasteiger partial charge in [0.15, 0.2) is 5.16 Å². The molecule has 3 rings (SSSR count). The molecule has 0 atom stereocenters. The van der Waals surface area contributed by atoms with E-state index in [1.54, 1.807) is 24.5 Å². The molecule has 8 heteroatoms. The van der Waals surface area contributed by atoms with Crippen LogP contribution < -0.4 is 5.32 Å². The van der Waals surface area contributed by atoms with Crippen LogP contribution in [0.3, 0.4) is 0 Å². The van der Waals surface area contributed by atoms with Crippen LogP contribution in [-0.2, 0) is 17.8 Å². The van der Waals surface area contributed by atoms with E-state index in [1.165, 1.54) is 17.3 Å². The van der Waals surface area contributed by atoms with Crippen molar-refractivity contribution in [2.75, 3.05) is 5.75 Å².